The van der Waals surface area contributed by atoms with Crippen molar-refractivity contribution in [3.8, 4) is 0 Å². The highest BCUT2D eigenvalue weighted by Crippen LogP contribution is 2.37. The van der Waals surface area contributed by atoms with Crippen LogP contribution < -0.4 is 15.5 Å². The van der Waals surface area contributed by atoms with E-state index in [4.69, 9.17) is 5.73 Å². The Hall–Kier alpha value is -2.66. The molecule has 1 atom stereocenters. The fraction of sp³-hybridized carbons (Fsp3) is 0.333. The number of hydrogen-bond acceptors (Lipinski definition) is 4. The van der Waals surface area contributed by atoms with Crippen LogP contribution in [0.15, 0.2) is 54.6 Å². The highest BCUT2D eigenvalue weighted by molar-refractivity contribution is 6.06. The Kier molecular flexibility index (Phi) is 4.83. The lowest BCUT2D eigenvalue weighted by atomic mass is 9.90. The van der Waals surface area contributed by atoms with Crippen LogP contribution in [0.25, 0.3) is 0 Å². The molecule has 1 amide bonds. The number of carbonyl (C=O) groups excluding carboxylic acids is 2. The van der Waals surface area contributed by atoms with Gasteiger partial charge in [-0.25, -0.2) is 0 Å². The molecule has 0 unspecified atom stereocenters. The quantitative estimate of drug-likeness (QED) is 0.923. The number of Topliss-reactive ketones (excluding diaryl/α,β-unsaturated/α-hetero) is 1. The summed E-state index contributed by atoms with van der Waals surface area (Å²) in [5.41, 5.74) is 8.25. The molecule has 1 aliphatic heterocycles. The summed E-state index contributed by atoms with van der Waals surface area (Å²) in [6.45, 7) is 5.97. The van der Waals surface area contributed by atoms with Gasteiger partial charge in [-0.15, -0.1) is 0 Å². The maximum absolute atomic E-state index is 13.0. The molecule has 2 aromatic carbocycles. The number of nitrogens with zero attached hydrogens (tertiary/aromatic N) is 2. The number of nitrogens with two attached hydrogens (primary N) is 1. The molecule has 0 aliphatic carbocycles. The van der Waals surface area contributed by atoms with Crippen molar-refractivity contribution in [3.63, 3.8) is 0 Å². The molecule has 136 valence electrons. The standard InChI is InChI=1S/C21H25N3O2/c1-21(2,3)19(25)14-24-18-12-8-7-11-17(18)23(13-16(22)20(24)26)15-9-5-4-6-10-15/h4-12,16H,13-14,22H2,1-3H3/t16-/m1/s1. The predicted octanol–water partition coefficient (Wildman–Crippen LogP) is 3.11. The lowest BCUT2D eigenvalue weighted by Crippen LogP contribution is -2.49. The van der Waals surface area contributed by atoms with Gasteiger partial charge in [0.1, 0.15) is 6.04 Å². The van der Waals surface area contributed by atoms with Crippen LogP contribution in [0.2, 0.25) is 0 Å². The summed E-state index contributed by atoms with van der Waals surface area (Å²) in [4.78, 5) is 29.2. The maximum Gasteiger partial charge on any atom is 0.246 e. The summed E-state index contributed by atoms with van der Waals surface area (Å²) in [7, 11) is 0. The SMILES string of the molecule is CC(C)(C)C(=O)CN1C(=O)[C@H](N)CN(c2ccccc2)c2ccccc21. The molecule has 0 saturated heterocycles. The van der Waals surface area contributed by atoms with E-state index in [9.17, 15) is 9.59 Å². The maximum atomic E-state index is 13.0. The first-order valence-corrected chi connectivity index (χ1v) is 8.81. The van der Waals surface area contributed by atoms with Crippen molar-refractivity contribution in [2.75, 3.05) is 22.9 Å². The van der Waals surface area contributed by atoms with Crippen molar-refractivity contribution < 1.29 is 9.59 Å². The molecule has 5 nitrogen and oxygen atoms in total. The number of carbonyl (C=O) groups is 2. The summed E-state index contributed by atoms with van der Waals surface area (Å²) in [5.74, 6) is -0.227. The molecule has 0 fully saturated rings. The first kappa shape index (κ1) is 18.1. The molecule has 5 heteroatoms. The number of fused-ring (bicyclic) bond motifs is 1. The van der Waals surface area contributed by atoms with Crippen LogP contribution in [0.5, 0.6) is 0 Å². The zero-order valence-corrected chi connectivity index (χ0v) is 15.5. The summed E-state index contributed by atoms with van der Waals surface area (Å²) in [5, 5.41) is 0. The normalized spacial score (nSPS) is 17.7. The third kappa shape index (κ3) is 3.48. The molecule has 26 heavy (non-hydrogen) atoms. The highest BCUT2D eigenvalue weighted by atomic mass is 16.2. The number of para-hydroxylation sites is 3. The van der Waals surface area contributed by atoms with Crippen LogP contribution in [0.4, 0.5) is 17.1 Å². The van der Waals surface area contributed by atoms with Crippen LogP contribution in [0.3, 0.4) is 0 Å². The van der Waals surface area contributed by atoms with E-state index in [-0.39, 0.29) is 18.2 Å². The molecule has 0 bridgehead atoms. The van der Waals surface area contributed by atoms with Crippen molar-refractivity contribution >= 4 is 28.8 Å². The third-order valence-corrected chi connectivity index (χ3v) is 4.63. The van der Waals surface area contributed by atoms with Gasteiger partial charge in [0.15, 0.2) is 5.78 Å². The van der Waals surface area contributed by atoms with Gasteiger partial charge in [0.2, 0.25) is 5.91 Å². The van der Waals surface area contributed by atoms with Crippen molar-refractivity contribution in [2.45, 2.75) is 26.8 Å². The average molecular weight is 351 g/mol. The molecule has 2 aromatic rings. The molecule has 1 aliphatic rings. The van der Waals surface area contributed by atoms with E-state index in [2.05, 4.69) is 0 Å². The van der Waals surface area contributed by atoms with Gasteiger partial charge in [0.05, 0.1) is 17.9 Å². The van der Waals surface area contributed by atoms with E-state index in [0.717, 1.165) is 11.4 Å². The second-order valence-electron chi connectivity index (χ2n) is 7.64. The number of ketones is 1. The Morgan fingerprint density at radius 3 is 2.23 bits per heavy atom. The minimum Gasteiger partial charge on any atom is -0.338 e. The van der Waals surface area contributed by atoms with Gasteiger partial charge >= 0.3 is 0 Å². The minimum atomic E-state index is -0.713. The number of benzene rings is 2. The fourth-order valence-corrected chi connectivity index (χ4v) is 3.01. The topological polar surface area (TPSA) is 66.6 Å². The average Bonchev–Trinajstić information content (AvgIpc) is 2.72. The van der Waals surface area contributed by atoms with Crippen molar-refractivity contribution in [1.82, 2.24) is 0 Å². The van der Waals surface area contributed by atoms with Crippen LogP contribution in [0.1, 0.15) is 20.8 Å². The van der Waals surface area contributed by atoms with Gasteiger partial charge in [0, 0.05) is 17.6 Å². The zero-order valence-electron chi connectivity index (χ0n) is 15.5. The summed E-state index contributed by atoms with van der Waals surface area (Å²) >= 11 is 0. The summed E-state index contributed by atoms with van der Waals surface area (Å²) < 4.78 is 0. The van der Waals surface area contributed by atoms with E-state index >= 15 is 0 Å². The van der Waals surface area contributed by atoms with E-state index in [0.29, 0.717) is 12.2 Å². The molecule has 2 N–H and O–H groups in total. The number of amides is 1. The molecule has 3 rings (SSSR count). The van der Waals surface area contributed by atoms with Gasteiger partial charge in [-0.2, -0.15) is 0 Å². The predicted molar refractivity (Wildman–Crippen MR) is 105 cm³/mol. The van der Waals surface area contributed by atoms with Crippen molar-refractivity contribution in [2.24, 2.45) is 11.1 Å². The molecule has 1 heterocycles. The van der Waals surface area contributed by atoms with Gasteiger partial charge in [-0.05, 0) is 24.3 Å². The van der Waals surface area contributed by atoms with Gasteiger partial charge < -0.3 is 15.5 Å². The van der Waals surface area contributed by atoms with Gasteiger partial charge in [-0.3, -0.25) is 9.59 Å². The Bertz CT molecular complexity index is 812. The van der Waals surface area contributed by atoms with Crippen molar-refractivity contribution in [1.29, 1.82) is 0 Å². The molecular formula is C21H25N3O2. The van der Waals surface area contributed by atoms with E-state index in [1.165, 1.54) is 4.90 Å². The van der Waals surface area contributed by atoms with E-state index < -0.39 is 11.5 Å². The lowest BCUT2D eigenvalue weighted by Gasteiger charge is -2.28. The molecule has 0 aromatic heterocycles. The van der Waals surface area contributed by atoms with Crippen LogP contribution in [-0.2, 0) is 9.59 Å². The van der Waals surface area contributed by atoms with Crippen LogP contribution in [0, 0.1) is 5.41 Å². The molecule has 0 saturated carbocycles. The Labute approximate surface area is 154 Å². The molecule has 0 radical (unpaired) electrons. The Morgan fingerprint density at radius 1 is 1.04 bits per heavy atom. The number of rotatable bonds is 3. The Morgan fingerprint density at radius 2 is 1.62 bits per heavy atom. The van der Waals surface area contributed by atoms with Crippen molar-refractivity contribution in [3.05, 3.63) is 54.6 Å². The van der Waals surface area contributed by atoms with Gasteiger partial charge in [-0.1, -0.05) is 51.1 Å². The fourth-order valence-electron chi connectivity index (χ4n) is 3.01. The minimum absolute atomic E-state index is 0.000939. The first-order chi connectivity index (χ1) is 12.3. The largest absolute Gasteiger partial charge is 0.338 e. The van der Waals surface area contributed by atoms with Gasteiger partial charge in [0.25, 0.3) is 0 Å². The molecular weight excluding hydrogens is 326 g/mol. The Balaban J connectivity index is 2.08. The highest BCUT2D eigenvalue weighted by Gasteiger charge is 2.35. The zero-order chi connectivity index (χ0) is 18.9. The lowest BCUT2D eigenvalue weighted by molar-refractivity contribution is -0.127. The van der Waals surface area contributed by atoms with E-state index in [1.807, 2.05) is 80.3 Å². The third-order valence-electron chi connectivity index (χ3n) is 4.63. The summed E-state index contributed by atoms with van der Waals surface area (Å²) in [6.07, 6.45) is 0. The monoisotopic (exact) mass is 351 g/mol. The number of anilines is 3. The van der Waals surface area contributed by atoms with Crippen LogP contribution in [-0.4, -0.2) is 30.8 Å². The number of hydrogen-bond donors (Lipinski definition) is 1. The second-order valence-corrected chi connectivity index (χ2v) is 7.64. The smallest absolute Gasteiger partial charge is 0.246 e. The van der Waals surface area contributed by atoms with Crippen LogP contribution >= 0.6 is 0 Å². The summed E-state index contributed by atoms with van der Waals surface area (Å²) in [6, 6.07) is 16.8. The first-order valence-electron chi connectivity index (χ1n) is 8.81. The molecule has 0 spiro atoms. The second kappa shape index (κ2) is 6.92. The van der Waals surface area contributed by atoms with E-state index in [1.54, 1.807) is 0 Å².